The molecule has 0 aromatic carbocycles. The van der Waals surface area contributed by atoms with E-state index in [1.807, 2.05) is 0 Å². The van der Waals surface area contributed by atoms with Crippen LogP contribution in [0.1, 0.15) is 122 Å². The van der Waals surface area contributed by atoms with Crippen LogP contribution < -0.4 is 0 Å². The number of unbranched alkanes of at least 4 members (excludes halogenated alkanes) is 13. The molecule has 4 heteroatoms. The van der Waals surface area contributed by atoms with Gasteiger partial charge in [-0.05, 0) is 38.5 Å². The Morgan fingerprint density at radius 1 is 0.867 bits per heavy atom. The van der Waals surface area contributed by atoms with Crippen LogP contribution in [0.25, 0.3) is 0 Å². The Labute approximate surface area is 183 Å². The van der Waals surface area contributed by atoms with Crippen LogP contribution in [0.4, 0.5) is 0 Å². The van der Waals surface area contributed by atoms with Gasteiger partial charge in [0, 0.05) is 12.8 Å². The van der Waals surface area contributed by atoms with Gasteiger partial charge < -0.3 is 10.2 Å². The predicted octanol–water partition coefficient (Wildman–Crippen LogP) is 6.91. The molecule has 0 amide bonds. The molecule has 172 valence electrons. The largest absolute Gasteiger partial charge is 0.509 e. The highest BCUT2D eigenvalue weighted by Crippen LogP contribution is 2.23. The van der Waals surface area contributed by atoms with Crippen molar-refractivity contribution in [2.75, 3.05) is 0 Å². The van der Waals surface area contributed by atoms with E-state index in [-0.39, 0.29) is 36.4 Å². The zero-order valence-electron chi connectivity index (χ0n) is 19.2. The fourth-order valence-electron chi connectivity index (χ4n) is 3.97. The smallest absolute Gasteiger partial charge is 0.170 e. The monoisotopic (exact) mass is 420 g/mol. The molecule has 0 aliphatic heterocycles. The highest BCUT2D eigenvalue weighted by Gasteiger charge is 2.30. The Hall–Kier alpha value is -1.42. The van der Waals surface area contributed by atoms with Crippen LogP contribution in [-0.4, -0.2) is 27.9 Å². The van der Waals surface area contributed by atoms with Crippen molar-refractivity contribution in [3.05, 3.63) is 23.5 Å². The Balaban J connectivity index is 1.92. The number of aliphatic hydroxyl groups excluding tert-OH is 2. The number of ketones is 2. The van der Waals surface area contributed by atoms with E-state index in [1.165, 1.54) is 77.0 Å². The lowest BCUT2D eigenvalue weighted by atomic mass is 9.89. The maximum atomic E-state index is 12.2. The molecule has 1 atom stereocenters. The standard InChI is InChI=1S/C26H44O4/c1-2-3-4-5-6-7-8-9-10-11-12-13-14-15-16-17-18-19-22(27)25-23(28)20-21-24(29)26(25)30/h6-7,24,29-30H,2-5,8-21H2,1H3/b7-6-/t24-/m0/s1. The van der Waals surface area contributed by atoms with E-state index in [0.717, 1.165) is 19.3 Å². The van der Waals surface area contributed by atoms with Crippen LogP contribution in [0.3, 0.4) is 0 Å². The molecule has 4 nitrogen and oxygen atoms in total. The molecule has 0 heterocycles. The number of hydrogen-bond donors (Lipinski definition) is 2. The third-order valence-corrected chi connectivity index (χ3v) is 5.94. The van der Waals surface area contributed by atoms with Gasteiger partial charge in [-0.25, -0.2) is 0 Å². The first kappa shape index (κ1) is 26.6. The average molecular weight is 421 g/mol. The van der Waals surface area contributed by atoms with Gasteiger partial charge in [-0.15, -0.1) is 0 Å². The van der Waals surface area contributed by atoms with E-state index in [4.69, 9.17) is 0 Å². The van der Waals surface area contributed by atoms with Gasteiger partial charge in [-0.1, -0.05) is 83.3 Å². The maximum Gasteiger partial charge on any atom is 0.170 e. The van der Waals surface area contributed by atoms with Gasteiger partial charge in [0.1, 0.15) is 17.4 Å². The summed E-state index contributed by atoms with van der Waals surface area (Å²) in [5.74, 6) is -1.06. The van der Waals surface area contributed by atoms with Crippen molar-refractivity contribution in [2.24, 2.45) is 0 Å². The number of Topliss-reactive ketones (excluding diaryl/α,β-unsaturated/α-hetero) is 2. The lowest BCUT2D eigenvalue weighted by Crippen LogP contribution is -2.27. The van der Waals surface area contributed by atoms with Gasteiger partial charge in [-0.3, -0.25) is 9.59 Å². The minimum absolute atomic E-state index is 0.141. The highest BCUT2D eigenvalue weighted by atomic mass is 16.3. The number of hydrogen-bond acceptors (Lipinski definition) is 4. The number of carbonyl (C=O) groups excluding carboxylic acids is 2. The summed E-state index contributed by atoms with van der Waals surface area (Å²) in [4.78, 5) is 24.0. The van der Waals surface area contributed by atoms with Crippen molar-refractivity contribution in [3.63, 3.8) is 0 Å². The number of allylic oxidation sites excluding steroid dienone is 3. The van der Waals surface area contributed by atoms with E-state index >= 15 is 0 Å². The zero-order valence-corrected chi connectivity index (χ0v) is 19.2. The highest BCUT2D eigenvalue weighted by molar-refractivity contribution is 6.21. The summed E-state index contributed by atoms with van der Waals surface area (Å²) in [6, 6.07) is 0. The fraction of sp³-hybridized carbons (Fsp3) is 0.769. The summed E-state index contributed by atoms with van der Waals surface area (Å²) < 4.78 is 0. The molecule has 0 fully saturated rings. The summed E-state index contributed by atoms with van der Waals surface area (Å²) in [5, 5.41) is 19.4. The third kappa shape index (κ3) is 11.7. The third-order valence-electron chi connectivity index (χ3n) is 5.94. The van der Waals surface area contributed by atoms with Crippen molar-refractivity contribution in [1.29, 1.82) is 0 Å². The number of carbonyl (C=O) groups is 2. The fourth-order valence-corrected chi connectivity index (χ4v) is 3.97. The first-order valence-corrected chi connectivity index (χ1v) is 12.4. The molecule has 0 saturated heterocycles. The molecule has 0 bridgehead atoms. The van der Waals surface area contributed by atoms with Crippen molar-refractivity contribution in [3.8, 4) is 0 Å². The summed E-state index contributed by atoms with van der Waals surface area (Å²) in [6.45, 7) is 2.24. The van der Waals surface area contributed by atoms with E-state index in [0.29, 0.717) is 0 Å². The molecule has 0 spiro atoms. The summed E-state index contributed by atoms with van der Waals surface area (Å²) >= 11 is 0. The molecular formula is C26H44O4. The SMILES string of the molecule is CCCCC/C=C\CCCCCCCCCCCCC(=O)C1=C(O)[C@@H](O)CCC1=O. The van der Waals surface area contributed by atoms with Gasteiger partial charge in [-0.2, -0.15) is 0 Å². The van der Waals surface area contributed by atoms with Crippen LogP contribution in [0, 0.1) is 0 Å². The summed E-state index contributed by atoms with van der Waals surface area (Å²) in [7, 11) is 0. The summed E-state index contributed by atoms with van der Waals surface area (Å²) in [6.07, 6.45) is 22.5. The number of rotatable bonds is 18. The molecule has 0 radical (unpaired) electrons. The Kier molecular flexibility index (Phi) is 15.3. The van der Waals surface area contributed by atoms with Crippen LogP contribution in [0.2, 0.25) is 0 Å². The maximum absolute atomic E-state index is 12.2. The molecule has 0 aromatic rings. The van der Waals surface area contributed by atoms with Crippen molar-refractivity contribution < 1.29 is 19.8 Å². The van der Waals surface area contributed by atoms with E-state index in [2.05, 4.69) is 19.1 Å². The molecule has 0 unspecified atom stereocenters. The summed E-state index contributed by atoms with van der Waals surface area (Å²) in [5.41, 5.74) is -0.152. The first-order valence-electron chi connectivity index (χ1n) is 12.4. The molecule has 1 rings (SSSR count). The molecule has 1 aliphatic carbocycles. The second-order valence-corrected chi connectivity index (χ2v) is 8.70. The normalized spacial score (nSPS) is 17.3. The lowest BCUT2D eigenvalue weighted by molar-refractivity contribution is -0.123. The zero-order chi connectivity index (χ0) is 22.0. The van der Waals surface area contributed by atoms with Gasteiger partial charge >= 0.3 is 0 Å². The second-order valence-electron chi connectivity index (χ2n) is 8.70. The number of aliphatic hydroxyl groups is 2. The Morgan fingerprint density at radius 2 is 1.37 bits per heavy atom. The van der Waals surface area contributed by atoms with Gasteiger partial charge in [0.05, 0.1) is 0 Å². The molecule has 2 N–H and O–H groups in total. The molecular weight excluding hydrogens is 376 g/mol. The molecule has 0 saturated carbocycles. The van der Waals surface area contributed by atoms with Crippen molar-refractivity contribution >= 4 is 11.6 Å². The minimum Gasteiger partial charge on any atom is -0.509 e. The van der Waals surface area contributed by atoms with E-state index in [1.54, 1.807) is 0 Å². The minimum atomic E-state index is -1.06. The van der Waals surface area contributed by atoms with Crippen LogP contribution in [0.5, 0.6) is 0 Å². The molecule has 1 aliphatic rings. The topological polar surface area (TPSA) is 74.6 Å². The van der Waals surface area contributed by atoms with Crippen LogP contribution in [0.15, 0.2) is 23.5 Å². The average Bonchev–Trinajstić information content (AvgIpc) is 2.73. The Bertz CT molecular complexity index is 547. The quantitative estimate of drug-likeness (QED) is 0.143. The Morgan fingerprint density at radius 3 is 1.93 bits per heavy atom. The molecule has 30 heavy (non-hydrogen) atoms. The van der Waals surface area contributed by atoms with Crippen LogP contribution >= 0.6 is 0 Å². The molecule has 0 aromatic heterocycles. The van der Waals surface area contributed by atoms with Crippen molar-refractivity contribution in [1.82, 2.24) is 0 Å². The van der Waals surface area contributed by atoms with E-state index < -0.39 is 11.9 Å². The van der Waals surface area contributed by atoms with E-state index in [9.17, 15) is 19.8 Å². The van der Waals surface area contributed by atoms with Crippen LogP contribution in [-0.2, 0) is 9.59 Å². The van der Waals surface area contributed by atoms with Gasteiger partial charge in [0.15, 0.2) is 11.6 Å². The van der Waals surface area contributed by atoms with Crippen molar-refractivity contribution in [2.45, 2.75) is 129 Å². The first-order chi connectivity index (χ1) is 14.6. The second kappa shape index (κ2) is 17.3. The predicted molar refractivity (Wildman–Crippen MR) is 124 cm³/mol. The lowest BCUT2D eigenvalue weighted by Gasteiger charge is -2.18. The van der Waals surface area contributed by atoms with Gasteiger partial charge in [0.2, 0.25) is 0 Å². The van der Waals surface area contributed by atoms with Gasteiger partial charge in [0.25, 0.3) is 0 Å².